The number of hydrogen-bond acceptors (Lipinski definition) is 1. The average molecular weight is 715 g/mol. The van der Waals surface area contributed by atoms with Gasteiger partial charge in [-0.2, -0.15) is 0 Å². The van der Waals surface area contributed by atoms with Gasteiger partial charge in [0.15, 0.2) is 0 Å². The molecule has 0 amide bonds. The SMILES string of the molecule is c1ccc(-c2ccc3c(c2)C24CCC(CC2)c2c(-n5c6ccccc6c6ccccc65)ccc(c24)N3c2ccc3c4ccccc4c4ccccc4c3c2)cc1. The minimum Gasteiger partial charge on any atom is -0.310 e. The van der Waals surface area contributed by atoms with E-state index in [1.807, 2.05) is 0 Å². The maximum atomic E-state index is 2.62. The normalized spacial score (nSPS) is 18.3. The van der Waals surface area contributed by atoms with Gasteiger partial charge in [0.1, 0.15) is 0 Å². The minimum absolute atomic E-state index is 0.0510. The number of hydrogen-bond donors (Lipinski definition) is 0. The van der Waals surface area contributed by atoms with Crippen LogP contribution in [0.4, 0.5) is 17.1 Å². The van der Waals surface area contributed by atoms with Crippen molar-refractivity contribution in [2.45, 2.75) is 37.0 Å². The molecule has 4 aliphatic rings. The molecule has 0 N–H and O–H groups in total. The summed E-state index contributed by atoms with van der Waals surface area (Å²) in [4.78, 5) is 2.62. The van der Waals surface area contributed by atoms with Gasteiger partial charge in [-0.05, 0) is 140 Å². The third kappa shape index (κ3) is 3.96. The van der Waals surface area contributed by atoms with Crippen molar-refractivity contribution >= 4 is 71.2 Å². The number of para-hydroxylation sites is 2. The van der Waals surface area contributed by atoms with Crippen LogP contribution in [0.1, 0.15) is 48.3 Å². The number of nitrogens with zero attached hydrogens (tertiary/aromatic N) is 2. The lowest BCUT2D eigenvalue weighted by Crippen LogP contribution is -2.44. The first-order chi connectivity index (χ1) is 27.8. The third-order valence-corrected chi connectivity index (χ3v) is 13.8. The van der Waals surface area contributed by atoms with Gasteiger partial charge < -0.3 is 9.47 Å². The average Bonchev–Trinajstić information content (AvgIpc) is 3.61. The largest absolute Gasteiger partial charge is 0.310 e. The molecular weight excluding hydrogens is 677 g/mol. The summed E-state index contributed by atoms with van der Waals surface area (Å²) in [6.07, 6.45) is 4.79. The Morgan fingerprint density at radius 1 is 0.411 bits per heavy atom. The van der Waals surface area contributed by atoms with Gasteiger partial charge in [-0.3, -0.25) is 0 Å². The van der Waals surface area contributed by atoms with Crippen LogP contribution in [0.2, 0.25) is 0 Å². The van der Waals surface area contributed by atoms with Crippen molar-refractivity contribution in [1.29, 1.82) is 0 Å². The number of benzene rings is 9. The molecule has 1 spiro atoms. The summed E-state index contributed by atoms with van der Waals surface area (Å²) in [5, 5.41) is 10.5. The molecule has 264 valence electrons. The van der Waals surface area contributed by atoms with Crippen LogP contribution in [-0.4, -0.2) is 4.57 Å². The first kappa shape index (κ1) is 30.7. The van der Waals surface area contributed by atoms with Crippen molar-refractivity contribution < 1.29 is 0 Å². The smallest absolute Gasteiger partial charge is 0.0541 e. The minimum atomic E-state index is -0.0510. The van der Waals surface area contributed by atoms with E-state index in [4.69, 9.17) is 0 Å². The fourth-order valence-electron chi connectivity index (χ4n) is 11.5. The van der Waals surface area contributed by atoms with Crippen LogP contribution in [0, 0.1) is 0 Å². The highest BCUT2D eigenvalue weighted by molar-refractivity contribution is 6.26. The lowest BCUT2D eigenvalue weighted by Gasteiger charge is -2.55. The van der Waals surface area contributed by atoms with Gasteiger partial charge in [-0.25, -0.2) is 0 Å². The van der Waals surface area contributed by atoms with Crippen LogP contribution in [0.5, 0.6) is 0 Å². The topological polar surface area (TPSA) is 8.17 Å². The summed E-state index contributed by atoms with van der Waals surface area (Å²) in [5.74, 6) is 0.523. The molecule has 1 aromatic heterocycles. The molecule has 56 heavy (non-hydrogen) atoms. The molecule has 0 radical (unpaired) electrons. The van der Waals surface area contributed by atoms with Crippen LogP contribution < -0.4 is 4.90 Å². The molecule has 2 bridgehead atoms. The number of rotatable bonds is 3. The zero-order chi connectivity index (χ0) is 36.5. The standard InChI is InChI=1S/C54H38N2/c1-2-12-34(13-3-1)36-22-25-49-46(32-36)54-30-28-35(29-31-54)52-50(56-47-20-10-8-18-43(47)44-19-9-11-21-48(44)56)26-27-51(53(52)54)55(49)37-23-24-42-40-16-5-4-14-38(40)39-15-6-7-17-41(39)45(42)33-37/h1-27,32-33,35H,28-31H2. The second-order valence-corrected chi connectivity index (χ2v) is 16.4. The van der Waals surface area contributed by atoms with Gasteiger partial charge in [-0.1, -0.05) is 127 Å². The van der Waals surface area contributed by atoms with Gasteiger partial charge in [-0.15, -0.1) is 0 Å². The van der Waals surface area contributed by atoms with E-state index in [1.54, 1.807) is 11.1 Å². The molecule has 1 saturated carbocycles. The Kier molecular flexibility index (Phi) is 6.14. The van der Waals surface area contributed by atoms with Crippen LogP contribution in [0.15, 0.2) is 176 Å². The first-order valence-electron chi connectivity index (χ1n) is 20.3. The van der Waals surface area contributed by atoms with E-state index in [-0.39, 0.29) is 5.41 Å². The molecule has 9 aromatic carbocycles. The lowest BCUT2D eigenvalue weighted by atomic mass is 9.53. The second-order valence-electron chi connectivity index (χ2n) is 16.4. The quantitative estimate of drug-likeness (QED) is 0.165. The van der Waals surface area contributed by atoms with Crippen molar-refractivity contribution in [2.24, 2.45) is 0 Å². The zero-order valence-corrected chi connectivity index (χ0v) is 31.0. The maximum absolute atomic E-state index is 2.62. The van der Waals surface area contributed by atoms with Gasteiger partial charge in [0.25, 0.3) is 0 Å². The van der Waals surface area contributed by atoms with Crippen LogP contribution >= 0.6 is 0 Å². The third-order valence-electron chi connectivity index (χ3n) is 13.8. The van der Waals surface area contributed by atoms with Crippen molar-refractivity contribution in [1.82, 2.24) is 4.57 Å². The predicted octanol–water partition coefficient (Wildman–Crippen LogP) is 14.7. The van der Waals surface area contributed by atoms with Crippen LogP contribution in [0.25, 0.3) is 70.9 Å². The molecule has 1 fully saturated rings. The van der Waals surface area contributed by atoms with E-state index < -0.39 is 0 Å². The molecule has 10 aromatic rings. The van der Waals surface area contributed by atoms with Gasteiger partial charge >= 0.3 is 0 Å². The number of anilines is 3. The first-order valence-corrected chi connectivity index (χ1v) is 20.3. The van der Waals surface area contributed by atoms with Crippen molar-refractivity contribution in [3.05, 3.63) is 193 Å². The van der Waals surface area contributed by atoms with E-state index in [0.29, 0.717) is 5.92 Å². The summed E-state index contributed by atoms with van der Waals surface area (Å²) < 4.78 is 2.59. The van der Waals surface area contributed by atoms with Gasteiger partial charge in [0, 0.05) is 21.9 Å². The summed E-state index contributed by atoms with van der Waals surface area (Å²) in [6, 6.07) is 66.3. The number of fused-ring (bicyclic) bond motifs is 12. The summed E-state index contributed by atoms with van der Waals surface area (Å²) in [5.41, 5.74) is 14.9. The lowest BCUT2D eigenvalue weighted by molar-refractivity contribution is 0.278. The monoisotopic (exact) mass is 714 g/mol. The molecule has 3 aliphatic carbocycles. The Morgan fingerprint density at radius 3 is 1.61 bits per heavy atom. The van der Waals surface area contributed by atoms with Crippen molar-refractivity contribution in [3.8, 4) is 16.8 Å². The highest BCUT2D eigenvalue weighted by Crippen LogP contribution is 2.66. The molecule has 0 unspecified atom stereocenters. The Balaban J connectivity index is 1.13. The maximum Gasteiger partial charge on any atom is 0.0541 e. The Labute approximate surface area is 325 Å². The van der Waals surface area contributed by atoms with E-state index in [0.717, 1.165) is 0 Å². The van der Waals surface area contributed by atoms with E-state index >= 15 is 0 Å². The van der Waals surface area contributed by atoms with E-state index in [2.05, 4.69) is 185 Å². The van der Waals surface area contributed by atoms with Gasteiger partial charge in [0.2, 0.25) is 0 Å². The summed E-state index contributed by atoms with van der Waals surface area (Å²) in [7, 11) is 0. The van der Waals surface area contributed by atoms with Crippen LogP contribution in [-0.2, 0) is 5.41 Å². The summed E-state index contributed by atoms with van der Waals surface area (Å²) >= 11 is 0. The second kappa shape index (κ2) is 11.2. The highest BCUT2D eigenvalue weighted by Gasteiger charge is 2.52. The van der Waals surface area contributed by atoms with Gasteiger partial charge in [0.05, 0.1) is 28.1 Å². The van der Waals surface area contributed by atoms with E-state index in [1.165, 1.54) is 119 Å². The molecule has 14 rings (SSSR count). The predicted molar refractivity (Wildman–Crippen MR) is 235 cm³/mol. The molecule has 2 nitrogen and oxygen atoms in total. The number of aromatic nitrogens is 1. The van der Waals surface area contributed by atoms with E-state index in [9.17, 15) is 0 Å². The fourth-order valence-corrected chi connectivity index (χ4v) is 11.5. The summed E-state index contributed by atoms with van der Waals surface area (Å²) in [6.45, 7) is 0. The fraction of sp³-hybridized carbons (Fsp3) is 0.111. The molecule has 2 heterocycles. The zero-order valence-electron chi connectivity index (χ0n) is 31.0. The Morgan fingerprint density at radius 2 is 0.946 bits per heavy atom. The molecule has 0 saturated heterocycles. The highest BCUT2D eigenvalue weighted by atomic mass is 15.2. The molecule has 0 atom stereocenters. The molecular formula is C54H38N2. The Bertz CT molecular complexity index is 3180. The van der Waals surface area contributed by atoms with Crippen molar-refractivity contribution in [3.63, 3.8) is 0 Å². The Hall–Kier alpha value is -6.64. The molecule has 2 heteroatoms. The van der Waals surface area contributed by atoms with Crippen LogP contribution in [0.3, 0.4) is 0 Å². The molecule has 1 aliphatic heterocycles. The van der Waals surface area contributed by atoms with Crippen molar-refractivity contribution in [2.75, 3.05) is 4.90 Å².